The molecular formula is C63H66N6O12. The van der Waals surface area contributed by atoms with Crippen molar-refractivity contribution in [3.63, 3.8) is 0 Å². The highest BCUT2D eigenvalue weighted by Crippen LogP contribution is 2.31. The van der Waals surface area contributed by atoms with Gasteiger partial charge in [0.1, 0.15) is 51.7 Å². The molecule has 81 heavy (non-hydrogen) atoms. The van der Waals surface area contributed by atoms with E-state index in [1.54, 1.807) is 21.3 Å². The van der Waals surface area contributed by atoms with Crippen LogP contribution in [0, 0.1) is 0 Å². The van der Waals surface area contributed by atoms with E-state index in [1.165, 1.54) is 18.2 Å². The van der Waals surface area contributed by atoms with Gasteiger partial charge in [0, 0.05) is 37.5 Å². The fourth-order valence-corrected chi connectivity index (χ4v) is 7.60. The number of unbranched alkanes of at least 4 members (excludes halogenated alkanes) is 6. The Balaban J connectivity index is 0.824. The van der Waals surface area contributed by atoms with Crippen molar-refractivity contribution in [1.82, 2.24) is 0 Å². The molecule has 18 heteroatoms. The van der Waals surface area contributed by atoms with Crippen molar-refractivity contribution in [2.24, 2.45) is 30.7 Å². The summed E-state index contributed by atoms with van der Waals surface area (Å²) >= 11 is 0. The number of hydrogen-bond acceptors (Lipinski definition) is 18. The molecule has 0 saturated heterocycles. The minimum atomic E-state index is -0.488. The minimum Gasteiger partial charge on any atom is -0.497 e. The Morgan fingerprint density at radius 3 is 0.691 bits per heavy atom. The first kappa shape index (κ1) is 59.2. The lowest BCUT2D eigenvalue weighted by molar-refractivity contribution is -0.135. The predicted molar refractivity (Wildman–Crippen MR) is 306 cm³/mol. The smallest absolute Gasteiger partial charge is 0.311 e. The van der Waals surface area contributed by atoms with E-state index < -0.39 is 17.9 Å². The van der Waals surface area contributed by atoms with Gasteiger partial charge in [0.15, 0.2) is 0 Å². The second-order valence-electron chi connectivity index (χ2n) is 18.2. The molecule has 0 aliphatic rings. The van der Waals surface area contributed by atoms with Crippen LogP contribution in [0.4, 0.5) is 34.1 Å². The zero-order valence-electron chi connectivity index (χ0n) is 45.8. The maximum Gasteiger partial charge on any atom is 0.311 e. The van der Waals surface area contributed by atoms with Crippen molar-refractivity contribution in [2.45, 2.75) is 77.0 Å². The summed E-state index contributed by atoms with van der Waals surface area (Å²) in [4.78, 5) is 39.2. The van der Waals surface area contributed by atoms with Crippen LogP contribution in [-0.2, 0) is 14.4 Å². The fourth-order valence-electron chi connectivity index (χ4n) is 7.60. The second-order valence-corrected chi connectivity index (χ2v) is 18.2. The monoisotopic (exact) mass is 1100 g/mol. The maximum absolute atomic E-state index is 13.1. The van der Waals surface area contributed by atoms with E-state index >= 15 is 0 Å². The Bertz CT molecular complexity index is 2770. The molecule has 7 aromatic rings. The Morgan fingerprint density at radius 2 is 0.481 bits per heavy atom. The molecule has 0 aliphatic carbocycles. The third-order valence-electron chi connectivity index (χ3n) is 12.0. The molecule has 420 valence electrons. The molecule has 0 amide bonds. The van der Waals surface area contributed by atoms with Crippen LogP contribution < -0.4 is 42.6 Å². The zero-order valence-corrected chi connectivity index (χ0v) is 45.8. The Morgan fingerprint density at radius 1 is 0.272 bits per heavy atom. The number of hydrogen-bond donors (Lipinski definition) is 0. The average molecular weight is 1100 g/mol. The van der Waals surface area contributed by atoms with E-state index in [0.717, 1.165) is 17.2 Å². The Hall–Kier alpha value is -9.45. The molecule has 7 rings (SSSR count). The normalized spacial score (nSPS) is 11.1. The van der Waals surface area contributed by atoms with Gasteiger partial charge in [-0.05, 0) is 203 Å². The first-order valence-corrected chi connectivity index (χ1v) is 26.8. The van der Waals surface area contributed by atoms with Gasteiger partial charge in [-0.3, -0.25) is 14.4 Å². The van der Waals surface area contributed by atoms with Crippen LogP contribution in [0.1, 0.15) is 77.0 Å². The van der Waals surface area contributed by atoms with E-state index in [4.69, 9.17) is 42.6 Å². The molecule has 0 heterocycles. The van der Waals surface area contributed by atoms with E-state index in [-0.39, 0.29) is 36.5 Å². The molecular weight excluding hydrogens is 1030 g/mol. The highest BCUT2D eigenvalue weighted by Gasteiger charge is 2.15. The number of carbonyl (C=O) groups is 3. The van der Waals surface area contributed by atoms with Crippen LogP contribution >= 0.6 is 0 Å². The lowest BCUT2D eigenvalue weighted by atomic mass is 10.2. The first-order valence-electron chi connectivity index (χ1n) is 26.8. The summed E-state index contributed by atoms with van der Waals surface area (Å²) < 4.78 is 50.3. The van der Waals surface area contributed by atoms with Gasteiger partial charge in [-0.2, -0.15) is 30.7 Å². The largest absolute Gasteiger partial charge is 0.497 e. The van der Waals surface area contributed by atoms with Crippen molar-refractivity contribution < 1.29 is 57.0 Å². The van der Waals surface area contributed by atoms with Crippen molar-refractivity contribution in [3.8, 4) is 51.7 Å². The van der Waals surface area contributed by atoms with E-state index in [0.29, 0.717) is 129 Å². The first-order chi connectivity index (χ1) is 39.7. The van der Waals surface area contributed by atoms with Crippen molar-refractivity contribution in [2.75, 3.05) is 41.2 Å². The number of benzene rings is 7. The lowest BCUT2D eigenvalue weighted by Crippen LogP contribution is -2.12. The summed E-state index contributed by atoms with van der Waals surface area (Å²) in [5, 5.41) is 25.6. The van der Waals surface area contributed by atoms with Crippen LogP contribution in [-0.4, -0.2) is 59.1 Å². The highest BCUT2D eigenvalue weighted by atomic mass is 16.6. The summed E-state index contributed by atoms with van der Waals surface area (Å²) in [5.41, 5.74) is 4.19. The van der Waals surface area contributed by atoms with Crippen LogP contribution in [0.5, 0.6) is 51.7 Å². The number of rotatable bonds is 33. The second kappa shape index (κ2) is 33.1. The minimum absolute atomic E-state index is 0.0828. The molecule has 0 spiro atoms. The van der Waals surface area contributed by atoms with Crippen molar-refractivity contribution in [1.29, 1.82) is 0 Å². The summed E-state index contributed by atoms with van der Waals surface area (Å²) in [7, 11) is 4.83. The number of carbonyl (C=O) groups excluding carboxylic acids is 3. The summed E-state index contributed by atoms with van der Waals surface area (Å²) in [6.07, 6.45) is 6.31. The molecule has 0 bridgehead atoms. The van der Waals surface area contributed by atoms with Crippen LogP contribution in [0.2, 0.25) is 0 Å². The van der Waals surface area contributed by atoms with Gasteiger partial charge in [0.2, 0.25) is 0 Å². The van der Waals surface area contributed by atoms with E-state index in [2.05, 4.69) is 30.7 Å². The van der Waals surface area contributed by atoms with Crippen molar-refractivity contribution >= 4 is 52.0 Å². The van der Waals surface area contributed by atoms with Gasteiger partial charge in [0.25, 0.3) is 0 Å². The van der Waals surface area contributed by atoms with Gasteiger partial charge in [0.05, 0.1) is 75.3 Å². The van der Waals surface area contributed by atoms with Crippen LogP contribution in [0.3, 0.4) is 0 Å². The maximum atomic E-state index is 13.1. The number of nitrogens with zero attached hydrogens (tertiary/aromatic N) is 6. The predicted octanol–water partition coefficient (Wildman–Crippen LogP) is 16.6. The quantitative estimate of drug-likeness (QED) is 0.0163. The number of methoxy groups -OCH3 is 3. The standard InChI is InChI=1S/C63H66N6O12/c1-73-52-28-16-46(17-29-52)64-67-49-22-34-55(35-23-49)76-40-10-4-7-13-61(70)79-58-43-59(80-62(71)14-8-5-11-41-77-56-36-24-50(25-37-56)68-65-47-18-30-53(74-2)31-19-47)45-60(44-58)81-63(72)15-9-6-12-42-78-57-38-26-51(27-39-57)69-66-48-20-32-54(75-3)33-21-48/h16-39,43-45H,4-15,40-42H2,1-3H3. The highest BCUT2D eigenvalue weighted by molar-refractivity contribution is 5.76. The molecule has 0 radical (unpaired) electrons. The van der Waals surface area contributed by atoms with Gasteiger partial charge in [-0.25, -0.2) is 0 Å². The topological polar surface area (TPSA) is 208 Å². The molecule has 0 saturated carbocycles. The van der Waals surface area contributed by atoms with Gasteiger partial charge in [-0.1, -0.05) is 0 Å². The van der Waals surface area contributed by atoms with E-state index in [9.17, 15) is 14.4 Å². The Kier molecular flexibility index (Phi) is 24.2. The van der Waals surface area contributed by atoms with Gasteiger partial charge < -0.3 is 42.6 Å². The number of esters is 3. The molecule has 0 unspecified atom stereocenters. The third kappa shape index (κ3) is 22.1. The van der Waals surface area contributed by atoms with Crippen LogP contribution in [0.25, 0.3) is 0 Å². The summed E-state index contributed by atoms with van der Waals surface area (Å²) in [5.74, 6) is 3.11. The van der Waals surface area contributed by atoms with Crippen LogP contribution in [0.15, 0.2) is 194 Å². The van der Waals surface area contributed by atoms with Gasteiger partial charge >= 0.3 is 17.9 Å². The van der Waals surface area contributed by atoms with Gasteiger partial charge in [-0.15, -0.1) is 0 Å². The average Bonchev–Trinajstić information content (AvgIpc) is 3.49. The zero-order chi connectivity index (χ0) is 56.7. The molecule has 0 N–H and O–H groups in total. The molecule has 0 aliphatic heterocycles. The molecule has 0 aromatic heterocycles. The molecule has 0 atom stereocenters. The number of ether oxygens (including phenoxy) is 9. The van der Waals surface area contributed by atoms with Crippen molar-refractivity contribution in [3.05, 3.63) is 164 Å². The molecule has 7 aromatic carbocycles. The Labute approximate surface area is 471 Å². The molecule has 0 fully saturated rings. The molecule has 18 nitrogen and oxygen atoms in total. The summed E-state index contributed by atoms with van der Waals surface area (Å²) in [6, 6.07) is 48.1. The number of azo groups is 3. The van der Waals surface area contributed by atoms with E-state index in [1.807, 2.05) is 146 Å². The third-order valence-corrected chi connectivity index (χ3v) is 12.0. The lowest BCUT2D eigenvalue weighted by Gasteiger charge is -2.12. The fraction of sp³-hybridized carbons (Fsp3) is 0.286. The summed E-state index contributed by atoms with van der Waals surface area (Å²) in [6.45, 7) is 1.37. The SMILES string of the molecule is COc1ccc(N=Nc2ccc(OCCCCCC(=O)Oc3cc(OC(=O)CCCCCOc4ccc(N=Nc5ccc(OC)cc5)cc4)cc(OC(=O)CCCCCOc4ccc(N=Nc5ccc(OC)cc5)cc4)c3)cc2)cc1.